The van der Waals surface area contributed by atoms with Crippen LogP contribution in [0.1, 0.15) is 23.6 Å². The Kier molecular flexibility index (Phi) is 4.48. The van der Waals surface area contributed by atoms with Crippen LogP contribution in [0.25, 0.3) is 5.57 Å². The van der Waals surface area contributed by atoms with E-state index in [1.54, 1.807) is 23.9 Å². The number of para-hydroxylation sites is 2. The fourth-order valence-corrected chi connectivity index (χ4v) is 3.98. The maximum absolute atomic E-state index is 9.58. The van der Waals surface area contributed by atoms with Gasteiger partial charge in [-0.25, -0.2) is 0 Å². The summed E-state index contributed by atoms with van der Waals surface area (Å²) in [5.74, 6) is 0.300. The number of phenols is 1. The van der Waals surface area contributed by atoms with Gasteiger partial charge in [-0.05, 0) is 47.9 Å². The average Bonchev–Trinajstić information content (AvgIpc) is 2.69. The molecule has 3 aromatic carbocycles. The second-order valence-corrected chi connectivity index (χ2v) is 7.44. The van der Waals surface area contributed by atoms with Crippen LogP contribution in [0.3, 0.4) is 0 Å². The van der Waals surface area contributed by atoms with E-state index in [-0.39, 0.29) is 0 Å². The molecule has 0 saturated heterocycles. The molecule has 1 heterocycles. The number of nitrogens with zero attached hydrogens (tertiary/aromatic N) is 1. The van der Waals surface area contributed by atoms with Gasteiger partial charge in [0.05, 0.1) is 0 Å². The van der Waals surface area contributed by atoms with Crippen LogP contribution in [0, 0.1) is 0 Å². The van der Waals surface area contributed by atoms with Gasteiger partial charge in [-0.1, -0.05) is 48.5 Å². The Labute approximate surface area is 158 Å². The third-order valence-electron chi connectivity index (χ3n) is 4.86. The van der Waals surface area contributed by atoms with Crippen molar-refractivity contribution in [1.82, 2.24) is 0 Å². The molecule has 2 nitrogen and oxygen atoms in total. The molecule has 0 spiro atoms. The maximum atomic E-state index is 9.58. The van der Waals surface area contributed by atoms with Crippen LogP contribution in [0.2, 0.25) is 0 Å². The average molecular weight is 359 g/mol. The first-order chi connectivity index (χ1) is 12.7. The molecular formula is C23H21NOS. The lowest BCUT2D eigenvalue weighted by molar-refractivity contribution is 0.475. The van der Waals surface area contributed by atoms with Gasteiger partial charge in [0.25, 0.3) is 0 Å². The summed E-state index contributed by atoms with van der Waals surface area (Å²) >= 11 is 1.80. The highest BCUT2D eigenvalue weighted by Gasteiger charge is 2.27. The number of allylic oxidation sites excluding steroid dienone is 1. The van der Waals surface area contributed by atoms with Gasteiger partial charge >= 0.3 is 0 Å². The molecule has 0 unspecified atom stereocenters. The largest absolute Gasteiger partial charge is 0.508 e. The molecule has 130 valence electrons. The van der Waals surface area contributed by atoms with Gasteiger partial charge in [0, 0.05) is 34.6 Å². The summed E-state index contributed by atoms with van der Waals surface area (Å²) in [6.45, 7) is 2.96. The number of thioether (sulfide) groups is 1. The van der Waals surface area contributed by atoms with E-state index < -0.39 is 0 Å². The minimum absolute atomic E-state index is 0.300. The quantitative estimate of drug-likeness (QED) is 0.603. The van der Waals surface area contributed by atoms with Gasteiger partial charge in [0.2, 0.25) is 0 Å². The smallest absolute Gasteiger partial charge is 0.115 e. The SMILES string of the molecule is CSC(C)=C1c2ccccc2N(Cc2ccc(O)cc2)c2ccccc21. The zero-order valence-corrected chi connectivity index (χ0v) is 15.8. The van der Waals surface area contributed by atoms with Crippen molar-refractivity contribution in [2.45, 2.75) is 13.5 Å². The molecule has 0 radical (unpaired) electrons. The maximum Gasteiger partial charge on any atom is 0.115 e. The number of anilines is 2. The van der Waals surface area contributed by atoms with Gasteiger partial charge < -0.3 is 10.0 Å². The van der Waals surface area contributed by atoms with Crippen LogP contribution in [0.5, 0.6) is 5.75 Å². The van der Waals surface area contributed by atoms with Gasteiger partial charge in [-0.15, -0.1) is 11.8 Å². The number of aromatic hydroxyl groups is 1. The molecule has 0 aromatic heterocycles. The van der Waals surface area contributed by atoms with Crippen molar-refractivity contribution in [3.05, 3.63) is 94.4 Å². The summed E-state index contributed by atoms with van der Waals surface area (Å²) < 4.78 is 0. The van der Waals surface area contributed by atoms with Gasteiger partial charge in [0.15, 0.2) is 0 Å². The number of benzene rings is 3. The minimum Gasteiger partial charge on any atom is -0.508 e. The molecule has 0 aliphatic carbocycles. The topological polar surface area (TPSA) is 23.5 Å². The standard InChI is InChI=1S/C23H21NOS/c1-16(26-2)23-19-7-3-5-9-21(19)24(22-10-6-4-8-20(22)23)15-17-11-13-18(25)14-12-17/h3-14,25H,15H2,1-2H3. The number of rotatable bonds is 3. The zero-order chi connectivity index (χ0) is 18.1. The monoisotopic (exact) mass is 359 g/mol. The van der Waals surface area contributed by atoms with Gasteiger partial charge in [0.1, 0.15) is 5.75 Å². The Balaban J connectivity index is 1.90. The highest BCUT2D eigenvalue weighted by molar-refractivity contribution is 8.02. The fraction of sp³-hybridized carbons (Fsp3) is 0.130. The Hall–Kier alpha value is -2.65. The van der Waals surface area contributed by atoms with Crippen molar-refractivity contribution in [3.63, 3.8) is 0 Å². The summed E-state index contributed by atoms with van der Waals surface area (Å²) in [4.78, 5) is 3.70. The lowest BCUT2D eigenvalue weighted by Crippen LogP contribution is -2.22. The van der Waals surface area contributed by atoms with Crippen molar-refractivity contribution < 1.29 is 5.11 Å². The van der Waals surface area contributed by atoms with E-state index in [1.807, 2.05) is 12.1 Å². The van der Waals surface area contributed by atoms with Crippen LogP contribution >= 0.6 is 11.8 Å². The van der Waals surface area contributed by atoms with E-state index >= 15 is 0 Å². The van der Waals surface area contributed by atoms with E-state index in [4.69, 9.17) is 0 Å². The minimum atomic E-state index is 0.300. The van der Waals surface area contributed by atoms with E-state index in [9.17, 15) is 5.11 Å². The summed E-state index contributed by atoms with van der Waals surface area (Å²) in [6.07, 6.45) is 2.14. The lowest BCUT2D eigenvalue weighted by atomic mass is 9.89. The molecule has 1 aliphatic heterocycles. The molecule has 3 aromatic rings. The van der Waals surface area contributed by atoms with Crippen molar-refractivity contribution in [2.24, 2.45) is 0 Å². The summed E-state index contributed by atoms with van der Waals surface area (Å²) in [7, 11) is 0. The highest BCUT2D eigenvalue weighted by atomic mass is 32.2. The molecule has 0 fully saturated rings. The molecule has 0 amide bonds. The number of hydrogen-bond donors (Lipinski definition) is 1. The predicted octanol–water partition coefficient (Wildman–Crippen LogP) is 6.19. The highest BCUT2D eigenvalue weighted by Crippen LogP contribution is 2.47. The molecule has 0 bridgehead atoms. The number of phenolic OH excluding ortho intramolecular Hbond substituents is 1. The molecule has 0 saturated carbocycles. The zero-order valence-electron chi connectivity index (χ0n) is 14.9. The molecule has 1 aliphatic rings. The van der Waals surface area contributed by atoms with Gasteiger partial charge in [-0.3, -0.25) is 0 Å². The Morgan fingerprint density at radius 2 is 1.38 bits per heavy atom. The Morgan fingerprint density at radius 3 is 1.92 bits per heavy atom. The first-order valence-electron chi connectivity index (χ1n) is 8.68. The van der Waals surface area contributed by atoms with Crippen LogP contribution < -0.4 is 4.90 Å². The number of fused-ring (bicyclic) bond motifs is 2. The second kappa shape index (κ2) is 6.93. The molecular weight excluding hydrogens is 338 g/mol. The molecule has 4 rings (SSSR count). The molecule has 3 heteroatoms. The summed E-state index contributed by atoms with van der Waals surface area (Å²) in [5.41, 5.74) is 7.49. The normalized spacial score (nSPS) is 12.5. The summed E-state index contributed by atoms with van der Waals surface area (Å²) in [5, 5.41) is 9.58. The molecule has 1 N–H and O–H groups in total. The molecule has 0 atom stereocenters. The Morgan fingerprint density at radius 1 is 0.846 bits per heavy atom. The first kappa shape index (κ1) is 16.8. The summed E-state index contributed by atoms with van der Waals surface area (Å²) in [6, 6.07) is 24.7. The van der Waals surface area contributed by atoms with Crippen molar-refractivity contribution in [2.75, 3.05) is 11.2 Å². The van der Waals surface area contributed by atoms with E-state index in [0.29, 0.717) is 5.75 Å². The fourth-order valence-electron chi connectivity index (χ4n) is 3.55. The second-order valence-electron chi connectivity index (χ2n) is 6.42. The first-order valence-corrected chi connectivity index (χ1v) is 9.90. The molecule has 26 heavy (non-hydrogen) atoms. The van der Waals surface area contributed by atoms with Crippen LogP contribution in [0.15, 0.2) is 77.7 Å². The number of hydrogen-bond acceptors (Lipinski definition) is 3. The third-order valence-corrected chi connectivity index (χ3v) is 5.68. The van der Waals surface area contributed by atoms with Gasteiger partial charge in [-0.2, -0.15) is 0 Å². The van der Waals surface area contributed by atoms with E-state index in [2.05, 4.69) is 66.6 Å². The van der Waals surface area contributed by atoms with Crippen molar-refractivity contribution in [3.8, 4) is 5.75 Å². The van der Waals surface area contributed by atoms with Crippen LogP contribution in [-0.2, 0) is 6.54 Å². The van der Waals surface area contributed by atoms with Crippen LogP contribution in [-0.4, -0.2) is 11.4 Å². The van der Waals surface area contributed by atoms with E-state index in [0.717, 1.165) is 6.54 Å². The third kappa shape index (κ3) is 2.89. The lowest BCUT2D eigenvalue weighted by Gasteiger charge is -2.35. The van der Waals surface area contributed by atoms with Crippen molar-refractivity contribution in [1.29, 1.82) is 0 Å². The predicted molar refractivity (Wildman–Crippen MR) is 112 cm³/mol. The van der Waals surface area contributed by atoms with E-state index in [1.165, 1.54) is 38.5 Å². The van der Waals surface area contributed by atoms with Crippen LogP contribution in [0.4, 0.5) is 11.4 Å². The Bertz CT molecular complexity index is 926. The van der Waals surface area contributed by atoms with Crippen molar-refractivity contribution >= 4 is 28.7 Å².